The van der Waals surface area contributed by atoms with Crippen molar-refractivity contribution in [1.82, 2.24) is 4.98 Å². The van der Waals surface area contributed by atoms with Crippen LogP contribution in [0, 0.1) is 6.92 Å². The van der Waals surface area contributed by atoms with Gasteiger partial charge in [0.15, 0.2) is 0 Å². The molecule has 0 fully saturated rings. The number of carboxylic acids is 1. The maximum atomic E-state index is 10.8. The summed E-state index contributed by atoms with van der Waals surface area (Å²) >= 11 is 7.30. The average molecular weight is 228 g/mol. The first-order chi connectivity index (χ1) is 6.58. The van der Waals surface area contributed by atoms with Crippen LogP contribution in [0.1, 0.15) is 15.4 Å². The third-order valence-electron chi connectivity index (χ3n) is 1.81. The van der Waals surface area contributed by atoms with Crippen molar-refractivity contribution in [3.63, 3.8) is 0 Å². The van der Waals surface area contributed by atoms with E-state index in [0.29, 0.717) is 5.52 Å². The van der Waals surface area contributed by atoms with Gasteiger partial charge in [0.25, 0.3) is 0 Å². The Labute approximate surface area is 89.0 Å². The molecule has 1 heterocycles. The number of carbonyl (C=O) groups is 1. The summed E-state index contributed by atoms with van der Waals surface area (Å²) in [6.07, 6.45) is 0. The van der Waals surface area contributed by atoms with Crippen LogP contribution in [-0.4, -0.2) is 16.1 Å². The fourth-order valence-corrected chi connectivity index (χ4v) is 2.39. The van der Waals surface area contributed by atoms with E-state index in [0.717, 1.165) is 9.71 Å². The van der Waals surface area contributed by atoms with E-state index >= 15 is 0 Å². The van der Waals surface area contributed by atoms with Crippen LogP contribution in [0.2, 0.25) is 5.02 Å². The molecule has 1 aromatic carbocycles. The van der Waals surface area contributed by atoms with Crippen LogP contribution in [0.25, 0.3) is 10.2 Å². The number of hydrogen-bond donors (Lipinski definition) is 1. The van der Waals surface area contributed by atoms with Gasteiger partial charge in [0.1, 0.15) is 0 Å². The largest absolute Gasteiger partial charge is 0.478 e. The van der Waals surface area contributed by atoms with Crippen LogP contribution in [0.5, 0.6) is 0 Å². The van der Waals surface area contributed by atoms with Crippen molar-refractivity contribution in [3.8, 4) is 0 Å². The van der Waals surface area contributed by atoms with Gasteiger partial charge in [0, 0.05) is 0 Å². The Bertz CT molecular complexity index is 521. The maximum Gasteiger partial charge on any atom is 0.337 e. The van der Waals surface area contributed by atoms with E-state index in [2.05, 4.69) is 4.98 Å². The number of halogens is 1. The smallest absolute Gasteiger partial charge is 0.337 e. The molecule has 1 aromatic heterocycles. The van der Waals surface area contributed by atoms with Crippen molar-refractivity contribution >= 4 is 39.1 Å². The molecule has 72 valence electrons. The van der Waals surface area contributed by atoms with E-state index in [9.17, 15) is 4.79 Å². The molecule has 14 heavy (non-hydrogen) atoms. The van der Waals surface area contributed by atoms with Crippen molar-refractivity contribution < 1.29 is 9.90 Å². The van der Waals surface area contributed by atoms with Crippen LogP contribution < -0.4 is 0 Å². The molecule has 0 aliphatic carbocycles. The Hall–Kier alpha value is -1.13. The predicted molar refractivity (Wildman–Crippen MR) is 56.3 cm³/mol. The van der Waals surface area contributed by atoms with E-state index in [4.69, 9.17) is 16.7 Å². The SMILES string of the molecule is Cc1nc2cc(C(=O)O)c(Cl)cc2s1. The zero-order valence-corrected chi connectivity index (χ0v) is 8.82. The minimum atomic E-state index is -1.03. The highest BCUT2D eigenvalue weighted by molar-refractivity contribution is 7.18. The topological polar surface area (TPSA) is 50.2 Å². The Balaban J connectivity index is 2.76. The maximum absolute atomic E-state index is 10.8. The number of rotatable bonds is 1. The summed E-state index contributed by atoms with van der Waals surface area (Å²) in [5, 5.41) is 9.98. The second kappa shape index (κ2) is 3.22. The molecule has 0 atom stereocenters. The molecule has 0 saturated heterocycles. The number of benzene rings is 1. The lowest BCUT2D eigenvalue weighted by molar-refractivity contribution is 0.0697. The van der Waals surface area contributed by atoms with Gasteiger partial charge in [0.05, 0.1) is 25.8 Å². The molecule has 0 aliphatic heterocycles. The molecule has 0 bridgehead atoms. The molecular formula is C9H6ClNO2S. The Morgan fingerprint density at radius 3 is 2.93 bits per heavy atom. The summed E-state index contributed by atoms with van der Waals surface area (Å²) in [7, 11) is 0. The highest BCUT2D eigenvalue weighted by Gasteiger charge is 2.11. The molecule has 0 unspecified atom stereocenters. The summed E-state index contributed by atoms with van der Waals surface area (Å²) in [6.45, 7) is 1.87. The van der Waals surface area contributed by atoms with Gasteiger partial charge in [0.2, 0.25) is 0 Å². The first kappa shape index (κ1) is 9.43. The molecular weight excluding hydrogens is 222 g/mol. The zero-order chi connectivity index (χ0) is 10.3. The van der Waals surface area contributed by atoms with Gasteiger partial charge in [-0.2, -0.15) is 0 Å². The monoisotopic (exact) mass is 227 g/mol. The Kier molecular flexibility index (Phi) is 2.17. The van der Waals surface area contributed by atoms with Crippen molar-refractivity contribution in [3.05, 3.63) is 27.7 Å². The van der Waals surface area contributed by atoms with Crippen molar-refractivity contribution in [2.45, 2.75) is 6.92 Å². The summed E-state index contributed by atoms with van der Waals surface area (Å²) in [5.41, 5.74) is 0.791. The number of thiazole rings is 1. The third-order valence-corrected chi connectivity index (χ3v) is 3.06. The number of fused-ring (bicyclic) bond motifs is 1. The van der Waals surface area contributed by atoms with Crippen LogP contribution in [0.15, 0.2) is 12.1 Å². The fraction of sp³-hybridized carbons (Fsp3) is 0.111. The zero-order valence-electron chi connectivity index (χ0n) is 7.24. The van der Waals surface area contributed by atoms with E-state index < -0.39 is 5.97 Å². The quantitative estimate of drug-likeness (QED) is 0.815. The predicted octanol–water partition coefficient (Wildman–Crippen LogP) is 2.96. The normalized spacial score (nSPS) is 10.7. The van der Waals surface area contributed by atoms with Gasteiger partial charge in [-0.05, 0) is 19.1 Å². The Morgan fingerprint density at radius 2 is 2.29 bits per heavy atom. The second-order valence-corrected chi connectivity index (χ2v) is 4.48. The van der Waals surface area contributed by atoms with Crippen LogP contribution in [-0.2, 0) is 0 Å². The fourth-order valence-electron chi connectivity index (χ4n) is 1.23. The van der Waals surface area contributed by atoms with Crippen molar-refractivity contribution in [2.24, 2.45) is 0 Å². The lowest BCUT2D eigenvalue weighted by atomic mass is 10.2. The molecule has 0 amide bonds. The van der Waals surface area contributed by atoms with E-state index in [-0.39, 0.29) is 10.6 Å². The molecule has 2 rings (SSSR count). The lowest BCUT2D eigenvalue weighted by Gasteiger charge is -1.97. The molecule has 1 N–H and O–H groups in total. The van der Waals surface area contributed by atoms with Gasteiger partial charge in [-0.3, -0.25) is 0 Å². The molecule has 5 heteroatoms. The van der Waals surface area contributed by atoms with Gasteiger partial charge < -0.3 is 5.11 Å². The molecule has 3 nitrogen and oxygen atoms in total. The molecule has 0 spiro atoms. The van der Waals surface area contributed by atoms with Crippen LogP contribution in [0.4, 0.5) is 0 Å². The van der Waals surface area contributed by atoms with Gasteiger partial charge >= 0.3 is 5.97 Å². The second-order valence-electron chi connectivity index (χ2n) is 2.84. The van der Waals surface area contributed by atoms with Gasteiger partial charge in [-0.25, -0.2) is 9.78 Å². The van der Waals surface area contributed by atoms with Gasteiger partial charge in [-0.1, -0.05) is 11.6 Å². The number of aryl methyl sites for hydroxylation is 1. The summed E-state index contributed by atoms with van der Waals surface area (Å²) < 4.78 is 0.914. The van der Waals surface area contributed by atoms with E-state index in [1.165, 1.54) is 17.4 Å². The summed E-state index contributed by atoms with van der Waals surface area (Å²) in [4.78, 5) is 15.0. The number of aromatic nitrogens is 1. The minimum absolute atomic E-state index is 0.101. The highest BCUT2D eigenvalue weighted by atomic mass is 35.5. The number of hydrogen-bond acceptors (Lipinski definition) is 3. The highest BCUT2D eigenvalue weighted by Crippen LogP contribution is 2.27. The summed E-state index contributed by atoms with van der Waals surface area (Å²) in [6, 6.07) is 3.15. The summed E-state index contributed by atoms with van der Waals surface area (Å²) in [5.74, 6) is -1.03. The minimum Gasteiger partial charge on any atom is -0.478 e. The van der Waals surface area contributed by atoms with Crippen molar-refractivity contribution in [2.75, 3.05) is 0 Å². The van der Waals surface area contributed by atoms with Crippen LogP contribution >= 0.6 is 22.9 Å². The lowest BCUT2D eigenvalue weighted by Crippen LogP contribution is -1.96. The average Bonchev–Trinajstić information content (AvgIpc) is 2.42. The standard InChI is InChI=1S/C9H6ClNO2S/c1-4-11-7-2-5(9(12)13)6(10)3-8(7)14-4/h2-3H,1H3,(H,12,13). The van der Waals surface area contributed by atoms with E-state index in [1.807, 2.05) is 6.92 Å². The Morgan fingerprint density at radius 1 is 1.57 bits per heavy atom. The molecule has 0 aliphatic rings. The number of nitrogens with zero attached hydrogens (tertiary/aromatic N) is 1. The molecule has 0 radical (unpaired) electrons. The first-order valence-corrected chi connectivity index (χ1v) is 5.07. The van der Waals surface area contributed by atoms with Crippen LogP contribution in [0.3, 0.4) is 0 Å². The molecule has 0 saturated carbocycles. The third kappa shape index (κ3) is 1.47. The van der Waals surface area contributed by atoms with E-state index in [1.54, 1.807) is 6.07 Å². The van der Waals surface area contributed by atoms with Crippen molar-refractivity contribution in [1.29, 1.82) is 0 Å². The first-order valence-electron chi connectivity index (χ1n) is 3.88. The van der Waals surface area contributed by atoms with Gasteiger partial charge in [-0.15, -0.1) is 11.3 Å². The molecule has 2 aromatic rings. The number of carboxylic acid groups (broad SMARTS) is 1. The number of aromatic carboxylic acids is 1.